The number of carbonyl (C=O) groups is 1. The Morgan fingerprint density at radius 1 is 1.21 bits per heavy atom. The predicted molar refractivity (Wildman–Crippen MR) is 67.4 cm³/mol. The SMILES string of the molecule is Cc1ccccc1S(=O)(=O)OCCOCCC(=O)O. The van der Waals surface area contributed by atoms with Crippen LogP contribution in [0.25, 0.3) is 0 Å². The van der Waals surface area contributed by atoms with Gasteiger partial charge in [-0.1, -0.05) is 18.2 Å². The van der Waals surface area contributed by atoms with E-state index in [0.717, 1.165) is 0 Å². The Morgan fingerprint density at radius 3 is 2.53 bits per heavy atom. The van der Waals surface area contributed by atoms with Crippen LogP contribution in [0.5, 0.6) is 0 Å². The third-order valence-electron chi connectivity index (χ3n) is 2.29. The van der Waals surface area contributed by atoms with Gasteiger partial charge < -0.3 is 9.84 Å². The first-order valence-electron chi connectivity index (χ1n) is 5.68. The Hall–Kier alpha value is -1.44. The van der Waals surface area contributed by atoms with E-state index in [4.69, 9.17) is 14.0 Å². The molecule has 1 rings (SSSR count). The van der Waals surface area contributed by atoms with Crippen LogP contribution in [0.4, 0.5) is 0 Å². The van der Waals surface area contributed by atoms with Crippen molar-refractivity contribution in [3.8, 4) is 0 Å². The molecule has 1 aromatic carbocycles. The summed E-state index contributed by atoms with van der Waals surface area (Å²) in [5.74, 6) is -0.964. The van der Waals surface area contributed by atoms with Crippen molar-refractivity contribution in [1.29, 1.82) is 0 Å². The van der Waals surface area contributed by atoms with Crippen LogP contribution in [0, 0.1) is 6.92 Å². The smallest absolute Gasteiger partial charge is 0.305 e. The van der Waals surface area contributed by atoms with E-state index in [2.05, 4.69) is 0 Å². The molecule has 0 saturated carbocycles. The zero-order chi connectivity index (χ0) is 14.3. The van der Waals surface area contributed by atoms with Crippen LogP contribution in [-0.2, 0) is 23.8 Å². The minimum absolute atomic E-state index is 0.0262. The zero-order valence-corrected chi connectivity index (χ0v) is 11.4. The minimum Gasteiger partial charge on any atom is -0.481 e. The van der Waals surface area contributed by atoms with Gasteiger partial charge in [0.2, 0.25) is 0 Å². The van der Waals surface area contributed by atoms with E-state index in [0.29, 0.717) is 5.56 Å². The Kier molecular flexibility index (Phi) is 5.94. The molecular weight excluding hydrogens is 272 g/mol. The van der Waals surface area contributed by atoms with Crippen LogP contribution in [0.3, 0.4) is 0 Å². The number of ether oxygens (including phenoxy) is 1. The lowest BCUT2D eigenvalue weighted by atomic mass is 10.2. The number of rotatable bonds is 8. The summed E-state index contributed by atoms with van der Waals surface area (Å²) >= 11 is 0. The monoisotopic (exact) mass is 288 g/mol. The fourth-order valence-electron chi connectivity index (χ4n) is 1.36. The lowest BCUT2D eigenvalue weighted by molar-refractivity contribution is -0.138. The quantitative estimate of drug-likeness (QED) is 0.571. The summed E-state index contributed by atoms with van der Waals surface area (Å²) in [7, 11) is -3.79. The van der Waals surface area contributed by atoms with Crippen LogP contribution in [0.1, 0.15) is 12.0 Å². The second-order valence-corrected chi connectivity index (χ2v) is 5.38. The van der Waals surface area contributed by atoms with Crippen molar-refractivity contribution in [3.05, 3.63) is 29.8 Å². The van der Waals surface area contributed by atoms with E-state index in [-0.39, 0.29) is 31.1 Å². The molecule has 106 valence electrons. The standard InChI is InChI=1S/C12H16O6S/c1-10-4-2-3-5-11(10)19(15,16)18-9-8-17-7-6-12(13)14/h2-5H,6-9H2,1H3,(H,13,14). The molecule has 1 aromatic rings. The number of hydrogen-bond acceptors (Lipinski definition) is 5. The van der Waals surface area contributed by atoms with Gasteiger partial charge in [0.05, 0.1) is 31.1 Å². The molecule has 0 amide bonds. The molecule has 0 aliphatic rings. The molecule has 0 aromatic heterocycles. The third kappa shape index (κ3) is 5.37. The summed E-state index contributed by atoms with van der Waals surface area (Å²) in [6, 6.07) is 6.51. The Labute approximate surface area is 112 Å². The van der Waals surface area contributed by atoms with Gasteiger partial charge in [0.15, 0.2) is 0 Å². The molecule has 0 aliphatic carbocycles. The van der Waals surface area contributed by atoms with Gasteiger partial charge in [0, 0.05) is 0 Å². The van der Waals surface area contributed by atoms with E-state index in [9.17, 15) is 13.2 Å². The van der Waals surface area contributed by atoms with E-state index < -0.39 is 16.1 Å². The van der Waals surface area contributed by atoms with Gasteiger partial charge >= 0.3 is 5.97 Å². The van der Waals surface area contributed by atoms with E-state index in [1.54, 1.807) is 25.1 Å². The second kappa shape index (κ2) is 7.22. The maximum absolute atomic E-state index is 11.8. The van der Waals surface area contributed by atoms with E-state index in [1.165, 1.54) is 6.07 Å². The van der Waals surface area contributed by atoms with Crippen LogP contribution in [0.15, 0.2) is 29.2 Å². The molecule has 1 N–H and O–H groups in total. The van der Waals surface area contributed by atoms with Gasteiger partial charge in [0.25, 0.3) is 10.1 Å². The third-order valence-corrected chi connectivity index (χ3v) is 3.76. The van der Waals surface area contributed by atoms with Crippen molar-refractivity contribution in [2.45, 2.75) is 18.2 Å². The number of carboxylic acid groups (broad SMARTS) is 1. The Morgan fingerprint density at radius 2 is 1.89 bits per heavy atom. The molecule has 6 nitrogen and oxygen atoms in total. The average Bonchev–Trinajstić information content (AvgIpc) is 2.33. The van der Waals surface area contributed by atoms with Gasteiger partial charge in [-0.25, -0.2) is 0 Å². The van der Waals surface area contributed by atoms with Crippen LogP contribution in [-0.4, -0.2) is 39.3 Å². The molecule has 0 fully saturated rings. The largest absolute Gasteiger partial charge is 0.481 e. The van der Waals surface area contributed by atoms with E-state index in [1.807, 2.05) is 0 Å². The first-order chi connectivity index (χ1) is 8.93. The number of carboxylic acids is 1. The highest BCUT2D eigenvalue weighted by atomic mass is 32.2. The summed E-state index contributed by atoms with van der Waals surface area (Å²) in [5.41, 5.74) is 0.606. The number of aryl methyl sites for hydroxylation is 1. The first-order valence-corrected chi connectivity index (χ1v) is 7.09. The Bertz CT molecular complexity index is 523. The van der Waals surface area contributed by atoms with Crippen molar-refractivity contribution in [2.24, 2.45) is 0 Å². The van der Waals surface area contributed by atoms with Crippen LogP contribution >= 0.6 is 0 Å². The topological polar surface area (TPSA) is 89.9 Å². The lowest BCUT2D eigenvalue weighted by Crippen LogP contribution is -2.13. The maximum Gasteiger partial charge on any atom is 0.305 e. The molecule has 0 aliphatic heterocycles. The summed E-state index contributed by atoms with van der Waals surface area (Å²) in [6.45, 7) is 1.59. The van der Waals surface area contributed by atoms with Crippen molar-refractivity contribution in [3.63, 3.8) is 0 Å². The molecule has 0 radical (unpaired) electrons. The Balaban J connectivity index is 2.40. The van der Waals surface area contributed by atoms with Crippen LogP contribution in [0.2, 0.25) is 0 Å². The maximum atomic E-state index is 11.8. The summed E-state index contributed by atoms with van der Waals surface area (Å²) in [4.78, 5) is 10.3. The average molecular weight is 288 g/mol. The molecule has 19 heavy (non-hydrogen) atoms. The first kappa shape index (κ1) is 15.6. The highest BCUT2D eigenvalue weighted by molar-refractivity contribution is 7.86. The summed E-state index contributed by atoms with van der Waals surface area (Å²) in [5, 5.41) is 8.37. The number of hydrogen-bond donors (Lipinski definition) is 1. The summed E-state index contributed by atoms with van der Waals surface area (Å²) < 4.78 is 33.4. The van der Waals surface area contributed by atoms with Crippen molar-refractivity contribution >= 4 is 16.1 Å². The summed E-state index contributed by atoms with van der Waals surface area (Å²) in [6.07, 6.45) is -0.120. The lowest BCUT2D eigenvalue weighted by Gasteiger charge is -2.08. The molecule has 0 heterocycles. The molecule has 0 spiro atoms. The fourth-order valence-corrected chi connectivity index (χ4v) is 2.49. The van der Waals surface area contributed by atoms with E-state index >= 15 is 0 Å². The minimum atomic E-state index is -3.79. The molecular formula is C12H16O6S. The molecule has 0 bridgehead atoms. The van der Waals surface area contributed by atoms with Gasteiger partial charge in [0.1, 0.15) is 0 Å². The molecule has 7 heteroatoms. The zero-order valence-electron chi connectivity index (χ0n) is 10.5. The van der Waals surface area contributed by atoms with Gasteiger partial charge in [-0.2, -0.15) is 8.42 Å². The van der Waals surface area contributed by atoms with Crippen molar-refractivity contribution in [2.75, 3.05) is 19.8 Å². The number of benzene rings is 1. The molecule has 0 unspecified atom stereocenters. The van der Waals surface area contributed by atoms with Crippen LogP contribution < -0.4 is 0 Å². The normalized spacial score (nSPS) is 11.4. The predicted octanol–water partition coefficient (Wildman–Crippen LogP) is 1.19. The second-order valence-electron chi connectivity index (χ2n) is 3.80. The highest BCUT2D eigenvalue weighted by Crippen LogP contribution is 2.16. The van der Waals surface area contributed by atoms with Gasteiger partial charge in [-0.05, 0) is 18.6 Å². The fraction of sp³-hybridized carbons (Fsp3) is 0.417. The van der Waals surface area contributed by atoms with Gasteiger partial charge in [-0.15, -0.1) is 0 Å². The highest BCUT2D eigenvalue weighted by Gasteiger charge is 2.16. The van der Waals surface area contributed by atoms with Gasteiger partial charge in [-0.3, -0.25) is 8.98 Å². The molecule has 0 atom stereocenters. The molecule has 0 saturated heterocycles. The number of aliphatic carboxylic acids is 1. The van der Waals surface area contributed by atoms with Crippen molar-refractivity contribution in [1.82, 2.24) is 0 Å². The van der Waals surface area contributed by atoms with Crippen molar-refractivity contribution < 1.29 is 27.2 Å².